The van der Waals surface area contributed by atoms with E-state index in [1.54, 1.807) is 20.5 Å². The number of benzene rings is 3. The van der Waals surface area contributed by atoms with Gasteiger partial charge in [0, 0.05) is 6.42 Å². The molecule has 252 valence electrons. The van der Waals surface area contributed by atoms with Crippen molar-refractivity contribution in [3.63, 3.8) is 0 Å². The first kappa shape index (κ1) is 33.6. The van der Waals surface area contributed by atoms with E-state index in [1.807, 2.05) is 47.0 Å². The quantitative estimate of drug-likeness (QED) is 0.115. The van der Waals surface area contributed by atoms with E-state index in [0.29, 0.717) is 30.0 Å². The van der Waals surface area contributed by atoms with Crippen molar-refractivity contribution in [1.29, 1.82) is 0 Å². The Morgan fingerprint density at radius 2 is 1.44 bits per heavy atom. The fraction of sp³-hybridized carbons (Fsp3) is 0.378. The van der Waals surface area contributed by atoms with Crippen LogP contribution < -0.4 is 14.8 Å². The molecule has 0 bridgehead atoms. The molecular formula is C37H45N5O5Si. The molecule has 0 aliphatic carbocycles. The molecular weight excluding hydrogens is 623 g/mol. The Balaban J connectivity index is 1.39. The Bertz CT molecular complexity index is 1780. The summed E-state index contributed by atoms with van der Waals surface area (Å²) in [5, 5.41) is 14.9. The number of hydrogen-bond acceptors (Lipinski definition) is 9. The van der Waals surface area contributed by atoms with E-state index in [0.717, 1.165) is 28.2 Å². The monoisotopic (exact) mass is 667 g/mol. The third-order valence-corrected chi connectivity index (χ3v) is 14.3. The molecule has 0 unspecified atom stereocenters. The number of imidazole rings is 1. The molecule has 48 heavy (non-hydrogen) atoms. The zero-order valence-corrected chi connectivity index (χ0v) is 29.7. The van der Waals surface area contributed by atoms with Gasteiger partial charge in [-0.15, -0.1) is 0 Å². The molecule has 3 atom stereocenters. The third-order valence-electron chi connectivity index (χ3n) is 9.85. The van der Waals surface area contributed by atoms with Crippen molar-refractivity contribution in [2.45, 2.75) is 69.3 Å². The summed E-state index contributed by atoms with van der Waals surface area (Å²) in [5.74, 6) is 2.06. The van der Waals surface area contributed by atoms with Crippen LogP contribution in [-0.2, 0) is 14.7 Å². The van der Waals surface area contributed by atoms with Gasteiger partial charge in [-0.2, -0.15) is 0 Å². The van der Waals surface area contributed by atoms with Crippen LogP contribution in [0.2, 0.25) is 18.1 Å². The molecule has 5 aromatic rings. The predicted molar refractivity (Wildman–Crippen MR) is 189 cm³/mol. The lowest BCUT2D eigenvalue weighted by atomic mass is 9.77. The summed E-state index contributed by atoms with van der Waals surface area (Å²) in [6.07, 6.45) is 2.07. The van der Waals surface area contributed by atoms with Gasteiger partial charge in [-0.05, 0) is 59.1 Å². The summed E-state index contributed by atoms with van der Waals surface area (Å²) in [7, 11) is 1.30. The molecule has 3 aromatic carbocycles. The average molecular weight is 668 g/mol. The summed E-state index contributed by atoms with van der Waals surface area (Å²) in [6, 6.07) is 26.3. The van der Waals surface area contributed by atoms with Gasteiger partial charge < -0.3 is 29.1 Å². The van der Waals surface area contributed by atoms with Crippen molar-refractivity contribution in [2.24, 2.45) is 0 Å². The Kier molecular flexibility index (Phi) is 9.32. The zero-order chi connectivity index (χ0) is 34.1. The van der Waals surface area contributed by atoms with Crippen LogP contribution >= 0.6 is 0 Å². The van der Waals surface area contributed by atoms with Crippen LogP contribution in [0.4, 0.5) is 5.82 Å². The third kappa shape index (κ3) is 6.30. The minimum atomic E-state index is -2.01. The van der Waals surface area contributed by atoms with Crippen LogP contribution in [0.3, 0.4) is 0 Å². The molecule has 6 rings (SSSR count). The summed E-state index contributed by atoms with van der Waals surface area (Å²) in [4.78, 5) is 14.2. The summed E-state index contributed by atoms with van der Waals surface area (Å²) >= 11 is 0. The molecule has 0 amide bonds. The highest BCUT2D eigenvalue weighted by molar-refractivity contribution is 6.74. The Hall–Kier alpha value is -4.29. The van der Waals surface area contributed by atoms with Crippen molar-refractivity contribution < 1.29 is 23.7 Å². The maximum absolute atomic E-state index is 11.0. The van der Waals surface area contributed by atoms with E-state index in [-0.39, 0.29) is 5.04 Å². The normalized spacial score (nSPS) is 18.6. The molecule has 1 fully saturated rings. The first-order chi connectivity index (χ1) is 23.0. The molecule has 1 saturated heterocycles. The molecule has 1 aliphatic rings. The zero-order valence-electron chi connectivity index (χ0n) is 28.7. The van der Waals surface area contributed by atoms with Crippen LogP contribution in [0.1, 0.15) is 50.1 Å². The number of anilines is 1. The number of ether oxygens (including phenoxy) is 3. The van der Waals surface area contributed by atoms with Crippen LogP contribution in [0.25, 0.3) is 11.2 Å². The van der Waals surface area contributed by atoms with Gasteiger partial charge in [-0.25, -0.2) is 15.0 Å². The lowest BCUT2D eigenvalue weighted by molar-refractivity contribution is -0.0405. The van der Waals surface area contributed by atoms with Crippen molar-refractivity contribution in [3.8, 4) is 11.5 Å². The number of aliphatic hydroxyl groups excluding tert-OH is 1. The minimum Gasteiger partial charge on any atom is -0.497 e. The van der Waals surface area contributed by atoms with Gasteiger partial charge in [-0.3, -0.25) is 4.57 Å². The molecule has 0 radical (unpaired) electrons. The largest absolute Gasteiger partial charge is 0.497 e. The van der Waals surface area contributed by atoms with Crippen molar-refractivity contribution in [1.82, 2.24) is 19.5 Å². The van der Waals surface area contributed by atoms with E-state index < -0.39 is 32.3 Å². The van der Waals surface area contributed by atoms with E-state index in [4.69, 9.17) is 28.6 Å². The number of nitrogens with one attached hydrogen (secondary N) is 1. The van der Waals surface area contributed by atoms with Gasteiger partial charge >= 0.3 is 0 Å². The van der Waals surface area contributed by atoms with Crippen LogP contribution in [0, 0.1) is 0 Å². The van der Waals surface area contributed by atoms with Gasteiger partial charge in [0.1, 0.15) is 35.7 Å². The predicted octanol–water partition coefficient (Wildman–Crippen LogP) is 6.92. The second kappa shape index (κ2) is 13.3. The summed E-state index contributed by atoms with van der Waals surface area (Å²) in [6.45, 7) is 11.3. The fourth-order valence-corrected chi connectivity index (χ4v) is 6.98. The smallest absolute Gasteiger partial charge is 0.192 e. The van der Waals surface area contributed by atoms with Crippen LogP contribution in [-0.4, -0.2) is 66.0 Å². The lowest BCUT2D eigenvalue weighted by Crippen LogP contribution is -2.43. The number of fused-ring (bicyclic) bond motifs is 1. The van der Waals surface area contributed by atoms with E-state index in [2.05, 4.69) is 80.6 Å². The molecule has 11 heteroatoms. The number of hydrogen-bond donors (Lipinski definition) is 2. The van der Waals surface area contributed by atoms with Gasteiger partial charge in [0.05, 0.1) is 33.3 Å². The molecule has 1 aliphatic heterocycles. The highest BCUT2D eigenvalue weighted by Gasteiger charge is 2.42. The lowest BCUT2D eigenvalue weighted by Gasteiger charge is -2.37. The van der Waals surface area contributed by atoms with E-state index >= 15 is 0 Å². The standard InChI is InChI=1S/C37H45N5O5Si/c1-36(2,3)48(6,7)46-22-31-30(43)21-32(47-31)42-24-40-33-34(38-23-39-35(33)42)41-37(25-11-9-8-10-12-25,26-13-17-28(44-4)18-14-26)27-15-19-29(45-5)20-16-27/h8-20,23-24,30-32,43H,21-22H2,1-7H3,(H,38,39,41)/t30-,31+,32+/m1/s1. The second-order valence-corrected chi connectivity index (χ2v) is 18.6. The van der Waals surface area contributed by atoms with Crippen LogP contribution in [0.5, 0.6) is 11.5 Å². The molecule has 0 spiro atoms. The molecule has 3 heterocycles. The number of aliphatic hydroxyl groups is 1. The summed E-state index contributed by atoms with van der Waals surface area (Å²) in [5.41, 5.74) is 3.23. The number of methoxy groups -OCH3 is 2. The van der Waals surface area contributed by atoms with Crippen molar-refractivity contribution >= 4 is 25.3 Å². The average Bonchev–Trinajstić information content (AvgIpc) is 3.70. The molecule has 0 saturated carbocycles. The Morgan fingerprint density at radius 1 is 0.854 bits per heavy atom. The van der Waals surface area contributed by atoms with Crippen LogP contribution in [0.15, 0.2) is 91.5 Å². The molecule has 2 N–H and O–H groups in total. The first-order valence-electron chi connectivity index (χ1n) is 16.2. The molecule has 2 aromatic heterocycles. The number of rotatable bonds is 11. The highest BCUT2D eigenvalue weighted by atomic mass is 28.4. The topological polar surface area (TPSA) is 113 Å². The number of nitrogens with zero attached hydrogens (tertiary/aromatic N) is 4. The SMILES string of the molecule is COc1ccc(C(Nc2ncnc3c2ncn3[C@@H]2C[C@@H](O)[C@H](CO[Si](C)(C)C(C)(C)C)O2)(c2ccccc2)c2ccc(OC)cc2)cc1. The fourth-order valence-electron chi connectivity index (χ4n) is 5.96. The second-order valence-electron chi connectivity index (χ2n) is 13.7. The van der Waals surface area contributed by atoms with Gasteiger partial charge in [0.15, 0.2) is 25.3 Å². The van der Waals surface area contributed by atoms with Crippen molar-refractivity contribution in [3.05, 3.63) is 108 Å². The summed E-state index contributed by atoms with van der Waals surface area (Å²) < 4.78 is 25.7. The number of aromatic nitrogens is 4. The van der Waals surface area contributed by atoms with Gasteiger partial charge in [0.25, 0.3) is 0 Å². The van der Waals surface area contributed by atoms with E-state index in [9.17, 15) is 5.11 Å². The Morgan fingerprint density at radius 3 is 2.00 bits per heavy atom. The van der Waals surface area contributed by atoms with Crippen molar-refractivity contribution in [2.75, 3.05) is 26.1 Å². The van der Waals surface area contributed by atoms with Gasteiger partial charge in [0.2, 0.25) is 0 Å². The maximum Gasteiger partial charge on any atom is 0.192 e. The minimum absolute atomic E-state index is 0.0590. The van der Waals surface area contributed by atoms with E-state index in [1.165, 1.54) is 6.33 Å². The molecule has 10 nitrogen and oxygen atoms in total. The highest BCUT2D eigenvalue weighted by Crippen LogP contribution is 2.42. The maximum atomic E-state index is 11.0. The Labute approximate surface area is 283 Å². The van der Waals surface area contributed by atoms with Gasteiger partial charge in [-0.1, -0.05) is 75.4 Å². The first-order valence-corrected chi connectivity index (χ1v) is 19.2.